The first-order valence-electron chi connectivity index (χ1n) is 6.03. The van der Waals surface area contributed by atoms with Gasteiger partial charge in [-0.1, -0.05) is 23.2 Å². The standard InChI is InChI=1S/C13H20Cl2N2O/c1-8(5-9(2)18)17-13(7-16)11-6-10(14)3-4-12(11)15/h3-4,6,8-9,13,17-18H,5,7,16H2,1-2H3. The van der Waals surface area contributed by atoms with Gasteiger partial charge in [0, 0.05) is 28.7 Å². The average molecular weight is 291 g/mol. The van der Waals surface area contributed by atoms with Crippen LogP contribution < -0.4 is 11.1 Å². The summed E-state index contributed by atoms with van der Waals surface area (Å²) >= 11 is 12.1. The topological polar surface area (TPSA) is 58.3 Å². The van der Waals surface area contributed by atoms with Gasteiger partial charge in [-0.05, 0) is 44.0 Å². The Hall–Kier alpha value is -0.320. The molecule has 0 heterocycles. The van der Waals surface area contributed by atoms with Crippen molar-refractivity contribution in [3.63, 3.8) is 0 Å². The summed E-state index contributed by atoms with van der Waals surface area (Å²) < 4.78 is 0. The van der Waals surface area contributed by atoms with Crippen molar-refractivity contribution in [3.05, 3.63) is 33.8 Å². The Morgan fingerprint density at radius 2 is 2.00 bits per heavy atom. The SMILES string of the molecule is CC(O)CC(C)NC(CN)c1cc(Cl)ccc1Cl. The lowest BCUT2D eigenvalue weighted by Gasteiger charge is -2.24. The van der Waals surface area contributed by atoms with E-state index >= 15 is 0 Å². The van der Waals surface area contributed by atoms with Crippen molar-refractivity contribution in [2.45, 2.75) is 38.5 Å². The first-order valence-corrected chi connectivity index (χ1v) is 6.78. The summed E-state index contributed by atoms with van der Waals surface area (Å²) in [5.41, 5.74) is 6.67. The second-order valence-electron chi connectivity index (χ2n) is 4.61. The molecule has 5 heteroatoms. The summed E-state index contributed by atoms with van der Waals surface area (Å²) in [5, 5.41) is 14.0. The zero-order valence-electron chi connectivity index (χ0n) is 10.7. The van der Waals surface area contributed by atoms with Gasteiger partial charge in [0.05, 0.1) is 6.10 Å². The number of aliphatic hydroxyl groups excluding tert-OH is 1. The van der Waals surface area contributed by atoms with E-state index in [9.17, 15) is 5.11 Å². The summed E-state index contributed by atoms with van der Waals surface area (Å²) in [6.45, 7) is 4.19. The molecule has 3 unspecified atom stereocenters. The molecule has 0 saturated heterocycles. The quantitative estimate of drug-likeness (QED) is 0.755. The van der Waals surface area contributed by atoms with E-state index in [0.29, 0.717) is 23.0 Å². The molecule has 3 nitrogen and oxygen atoms in total. The van der Waals surface area contributed by atoms with Crippen LogP contribution in [0.2, 0.25) is 10.0 Å². The van der Waals surface area contributed by atoms with Crippen LogP contribution in [0.5, 0.6) is 0 Å². The number of hydrogen-bond acceptors (Lipinski definition) is 3. The lowest BCUT2D eigenvalue weighted by molar-refractivity contribution is 0.168. The Bertz CT molecular complexity index is 385. The Labute approximate surface area is 118 Å². The van der Waals surface area contributed by atoms with Crippen molar-refractivity contribution in [1.29, 1.82) is 0 Å². The third-order valence-corrected chi connectivity index (χ3v) is 3.33. The Morgan fingerprint density at radius 3 is 2.56 bits per heavy atom. The second-order valence-corrected chi connectivity index (χ2v) is 5.45. The molecule has 3 atom stereocenters. The van der Waals surface area contributed by atoms with Crippen LogP contribution in [0.4, 0.5) is 0 Å². The van der Waals surface area contributed by atoms with E-state index in [-0.39, 0.29) is 18.2 Å². The number of rotatable bonds is 6. The van der Waals surface area contributed by atoms with Crippen molar-refractivity contribution >= 4 is 23.2 Å². The fraction of sp³-hybridized carbons (Fsp3) is 0.538. The van der Waals surface area contributed by atoms with Gasteiger partial charge in [-0.25, -0.2) is 0 Å². The van der Waals surface area contributed by atoms with E-state index in [0.717, 1.165) is 5.56 Å². The minimum absolute atomic E-state index is 0.0649. The zero-order chi connectivity index (χ0) is 13.7. The van der Waals surface area contributed by atoms with Crippen molar-refractivity contribution in [2.24, 2.45) is 5.73 Å². The minimum atomic E-state index is -0.347. The van der Waals surface area contributed by atoms with Gasteiger partial charge in [-0.2, -0.15) is 0 Å². The number of nitrogens with one attached hydrogen (secondary N) is 1. The molecule has 1 rings (SSSR count). The Kier molecular flexibility index (Phi) is 6.39. The normalized spacial score (nSPS) is 16.3. The van der Waals surface area contributed by atoms with Crippen LogP contribution in [0, 0.1) is 0 Å². The first kappa shape index (κ1) is 15.7. The van der Waals surface area contributed by atoms with E-state index in [1.54, 1.807) is 19.1 Å². The van der Waals surface area contributed by atoms with Crippen LogP contribution in [0.1, 0.15) is 31.9 Å². The van der Waals surface area contributed by atoms with Crippen LogP contribution >= 0.6 is 23.2 Å². The summed E-state index contributed by atoms with van der Waals surface area (Å²) in [6.07, 6.45) is 0.315. The van der Waals surface area contributed by atoms with Crippen molar-refractivity contribution in [3.8, 4) is 0 Å². The smallest absolute Gasteiger partial charge is 0.0526 e. The second kappa shape index (κ2) is 7.31. The van der Waals surface area contributed by atoms with Gasteiger partial charge in [-0.3, -0.25) is 0 Å². The largest absolute Gasteiger partial charge is 0.393 e. The molecule has 0 spiro atoms. The Morgan fingerprint density at radius 1 is 1.33 bits per heavy atom. The third-order valence-electron chi connectivity index (χ3n) is 2.75. The molecule has 0 aromatic heterocycles. The van der Waals surface area contributed by atoms with Gasteiger partial charge in [0.1, 0.15) is 0 Å². The average Bonchev–Trinajstić information content (AvgIpc) is 2.28. The first-order chi connectivity index (χ1) is 8.43. The van der Waals surface area contributed by atoms with Gasteiger partial charge in [0.15, 0.2) is 0 Å². The summed E-state index contributed by atoms with van der Waals surface area (Å²) in [7, 11) is 0. The maximum atomic E-state index is 9.36. The highest BCUT2D eigenvalue weighted by molar-refractivity contribution is 6.33. The molecule has 0 radical (unpaired) electrons. The molecule has 0 aliphatic rings. The predicted octanol–water partition coefficient (Wildman–Crippen LogP) is 2.74. The monoisotopic (exact) mass is 290 g/mol. The summed E-state index contributed by atoms with van der Waals surface area (Å²) in [5.74, 6) is 0. The molecule has 0 aliphatic heterocycles. The number of hydrogen-bond donors (Lipinski definition) is 3. The van der Waals surface area contributed by atoms with Crippen LogP contribution in [0.3, 0.4) is 0 Å². The van der Waals surface area contributed by atoms with E-state index < -0.39 is 0 Å². The van der Waals surface area contributed by atoms with Gasteiger partial charge in [0.25, 0.3) is 0 Å². The van der Waals surface area contributed by atoms with Crippen LogP contribution in [0.25, 0.3) is 0 Å². The van der Waals surface area contributed by atoms with Gasteiger partial charge < -0.3 is 16.2 Å². The fourth-order valence-corrected chi connectivity index (χ4v) is 2.42. The van der Waals surface area contributed by atoms with Gasteiger partial charge >= 0.3 is 0 Å². The molecule has 1 aromatic rings. The molecule has 102 valence electrons. The third kappa shape index (κ3) is 4.75. The molecule has 0 fully saturated rings. The number of aliphatic hydroxyl groups is 1. The number of benzene rings is 1. The molecule has 1 aromatic carbocycles. The summed E-state index contributed by atoms with van der Waals surface area (Å²) in [4.78, 5) is 0. The highest BCUT2D eigenvalue weighted by Crippen LogP contribution is 2.26. The lowest BCUT2D eigenvalue weighted by atomic mass is 10.0. The fourth-order valence-electron chi connectivity index (χ4n) is 1.99. The number of nitrogens with two attached hydrogens (primary N) is 1. The van der Waals surface area contributed by atoms with Crippen LogP contribution in [-0.2, 0) is 0 Å². The maximum Gasteiger partial charge on any atom is 0.0526 e. The highest BCUT2D eigenvalue weighted by Gasteiger charge is 2.17. The highest BCUT2D eigenvalue weighted by atomic mass is 35.5. The van der Waals surface area contributed by atoms with Crippen molar-refractivity contribution in [2.75, 3.05) is 6.54 Å². The van der Waals surface area contributed by atoms with E-state index in [1.165, 1.54) is 0 Å². The molecular formula is C13H20Cl2N2O. The van der Waals surface area contributed by atoms with Crippen molar-refractivity contribution < 1.29 is 5.11 Å². The summed E-state index contributed by atoms with van der Waals surface area (Å²) in [6, 6.07) is 5.42. The maximum absolute atomic E-state index is 9.36. The molecule has 18 heavy (non-hydrogen) atoms. The molecule has 0 aliphatic carbocycles. The van der Waals surface area contributed by atoms with E-state index in [2.05, 4.69) is 5.32 Å². The minimum Gasteiger partial charge on any atom is -0.393 e. The predicted molar refractivity (Wildman–Crippen MR) is 77.2 cm³/mol. The van der Waals surface area contributed by atoms with Gasteiger partial charge in [-0.15, -0.1) is 0 Å². The van der Waals surface area contributed by atoms with Crippen LogP contribution in [0.15, 0.2) is 18.2 Å². The molecule has 0 bridgehead atoms. The molecule has 4 N–H and O–H groups in total. The molecular weight excluding hydrogens is 271 g/mol. The van der Waals surface area contributed by atoms with Gasteiger partial charge in [0.2, 0.25) is 0 Å². The molecule has 0 amide bonds. The number of halogens is 2. The zero-order valence-corrected chi connectivity index (χ0v) is 12.2. The lowest BCUT2D eigenvalue weighted by Crippen LogP contribution is -2.36. The Balaban J connectivity index is 2.79. The van der Waals surface area contributed by atoms with E-state index in [1.807, 2.05) is 13.0 Å². The van der Waals surface area contributed by atoms with Crippen LogP contribution in [-0.4, -0.2) is 23.8 Å². The van der Waals surface area contributed by atoms with Crippen molar-refractivity contribution in [1.82, 2.24) is 5.32 Å². The molecule has 0 saturated carbocycles. The van der Waals surface area contributed by atoms with E-state index in [4.69, 9.17) is 28.9 Å².